The first kappa shape index (κ1) is 19.7. The van der Waals surface area contributed by atoms with E-state index < -0.39 is 5.41 Å². The van der Waals surface area contributed by atoms with Crippen LogP contribution in [-0.2, 0) is 14.3 Å². The summed E-state index contributed by atoms with van der Waals surface area (Å²) >= 11 is 0. The molecule has 0 aromatic rings. The molecule has 0 aromatic heterocycles. The minimum Gasteiger partial charge on any atom is -0.409 e. The number of nitrogens with two attached hydrogens (primary N) is 1. The summed E-state index contributed by atoms with van der Waals surface area (Å²) in [5, 5.41) is 12.1. The van der Waals surface area contributed by atoms with Crippen LogP contribution in [0.5, 0.6) is 0 Å². The van der Waals surface area contributed by atoms with Gasteiger partial charge in [0.2, 0.25) is 5.91 Å². The fourth-order valence-electron chi connectivity index (χ4n) is 2.34. The van der Waals surface area contributed by atoms with E-state index in [1.54, 1.807) is 19.1 Å². The van der Waals surface area contributed by atoms with Crippen molar-refractivity contribution in [1.29, 1.82) is 0 Å². The van der Waals surface area contributed by atoms with Crippen LogP contribution in [-0.4, -0.2) is 62.4 Å². The molecule has 0 spiro atoms. The van der Waals surface area contributed by atoms with Gasteiger partial charge >= 0.3 is 0 Å². The maximum atomic E-state index is 12.9. The van der Waals surface area contributed by atoms with Gasteiger partial charge in [0.25, 0.3) is 0 Å². The van der Waals surface area contributed by atoms with Crippen molar-refractivity contribution >= 4 is 11.7 Å². The smallest absolute Gasteiger partial charge is 0.236 e. The first-order valence-corrected chi connectivity index (χ1v) is 7.29. The van der Waals surface area contributed by atoms with Crippen molar-refractivity contribution < 1.29 is 19.5 Å². The lowest BCUT2D eigenvalue weighted by Crippen LogP contribution is -2.52. The molecule has 124 valence electrons. The van der Waals surface area contributed by atoms with Crippen LogP contribution in [0.3, 0.4) is 0 Å². The molecule has 21 heavy (non-hydrogen) atoms. The number of carbonyl (C=O) groups excluding carboxylic acids is 1. The van der Waals surface area contributed by atoms with Crippen molar-refractivity contribution in [3.05, 3.63) is 0 Å². The number of nitrogens with zero attached hydrogens (tertiary/aromatic N) is 2. The Hall–Kier alpha value is -1.34. The highest BCUT2D eigenvalue weighted by atomic mass is 16.5. The van der Waals surface area contributed by atoms with E-state index in [9.17, 15) is 4.79 Å². The molecule has 0 heterocycles. The highest BCUT2D eigenvalue weighted by Gasteiger charge is 2.42. The van der Waals surface area contributed by atoms with E-state index in [0.717, 1.165) is 6.42 Å². The molecule has 0 rings (SSSR count). The third-order valence-corrected chi connectivity index (χ3v) is 3.84. The summed E-state index contributed by atoms with van der Waals surface area (Å²) in [6, 6.07) is 0. The van der Waals surface area contributed by atoms with Crippen molar-refractivity contribution in [3.63, 3.8) is 0 Å². The zero-order chi connectivity index (χ0) is 16.3. The number of amides is 1. The molecule has 3 N–H and O–H groups in total. The average Bonchev–Trinajstić information content (AvgIpc) is 2.51. The van der Waals surface area contributed by atoms with Crippen LogP contribution < -0.4 is 5.73 Å². The Labute approximate surface area is 127 Å². The normalized spacial score (nSPS) is 12.5. The van der Waals surface area contributed by atoms with Crippen LogP contribution in [0, 0.1) is 5.41 Å². The van der Waals surface area contributed by atoms with Gasteiger partial charge in [-0.05, 0) is 19.3 Å². The van der Waals surface area contributed by atoms with E-state index in [1.807, 2.05) is 13.8 Å². The zero-order valence-corrected chi connectivity index (χ0v) is 13.6. The van der Waals surface area contributed by atoms with E-state index in [2.05, 4.69) is 5.16 Å². The summed E-state index contributed by atoms with van der Waals surface area (Å²) in [5.41, 5.74) is 4.83. The van der Waals surface area contributed by atoms with Crippen LogP contribution in [0.1, 0.15) is 33.1 Å². The molecule has 0 aliphatic carbocycles. The van der Waals surface area contributed by atoms with Crippen LogP contribution >= 0.6 is 0 Å². The lowest BCUT2D eigenvalue weighted by Gasteiger charge is -2.35. The Bertz CT molecular complexity index is 330. The average molecular weight is 303 g/mol. The van der Waals surface area contributed by atoms with E-state index in [4.69, 9.17) is 20.4 Å². The number of methoxy groups -OCH3 is 2. The van der Waals surface area contributed by atoms with Gasteiger partial charge in [0.05, 0.1) is 6.61 Å². The predicted octanol–water partition coefficient (Wildman–Crippen LogP) is 1.05. The molecule has 0 fully saturated rings. The molecule has 0 aromatic carbocycles. The summed E-state index contributed by atoms with van der Waals surface area (Å²) in [6.07, 6.45) is 1.68. The molecule has 0 radical (unpaired) electrons. The maximum absolute atomic E-state index is 12.9. The Kier molecular flexibility index (Phi) is 9.73. The van der Waals surface area contributed by atoms with E-state index in [0.29, 0.717) is 39.1 Å². The van der Waals surface area contributed by atoms with Gasteiger partial charge in [0.1, 0.15) is 5.41 Å². The third kappa shape index (κ3) is 5.17. The first-order chi connectivity index (χ1) is 10.0. The monoisotopic (exact) mass is 303 g/mol. The lowest BCUT2D eigenvalue weighted by molar-refractivity contribution is -0.139. The number of oxime groups is 1. The second-order valence-corrected chi connectivity index (χ2v) is 4.91. The molecule has 0 atom stereocenters. The van der Waals surface area contributed by atoms with Gasteiger partial charge in [-0.3, -0.25) is 4.79 Å². The molecule has 1 amide bonds. The van der Waals surface area contributed by atoms with Gasteiger partial charge in [-0.2, -0.15) is 0 Å². The molecule has 0 aliphatic heterocycles. The second kappa shape index (κ2) is 10.4. The molecule has 0 unspecified atom stereocenters. The highest BCUT2D eigenvalue weighted by Crippen LogP contribution is 2.29. The van der Waals surface area contributed by atoms with Gasteiger partial charge in [0.15, 0.2) is 5.84 Å². The van der Waals surface area contributed by atoms with Gasteiger partial charge in [0, 0.05) is 33.9 Å². The van der Waals surface area contributed by atoms with Crippen molar-refractivity contribution in [1.82, 2.24) is 4.90 Å². The summed E-state index contributed by atoms with van der Waals surface area (Å²) in [5.74, 6) is -0.164. The van der Waals surface area contributed by atoms with Crippen molar-refractivity contribution in [2.75, 3.05) is 40.5 Å². The highest BCUT2D eigenvalue weighted by molar-refractivity contribution is 6.06. The quantitative estimate of drug-likeness (QED) is 0.195. The standard InChI is InChI=1S/C14H29N3O4/c1-5-14(6-2,12(15)16-19)13(18)17(9-11-21-4)8-7-10-20-3/h19H,5-11H2,1-4H3,(H2,15,16). The van der Waals surface area contributed by atoms with Gasteiger partial charge in [-0.25, -0.2) is 0 Å². The topological polar surface area (TPSA) is 97.4 Å². The van der Waals surface area contributed by atoms with E-state index in [1.165, 1.54) is 0 Å². The minimum atomic E-state index is -0.963. The summed E-state index contributed by atoms with van der Waals surface area (Å²) in [4.78, 5) is 14.6. The fraction of sp³-hybridized carbons (Fsp3) is 0.857. The molecule has 0 aliphatic rings. The van der Waals surface area contributed by atoms with Gasteiger partial charge < -0.3 is 25.3 Å². The number of rotatable bonds is 11. The van der Waals surface area contributed by atoms with Crippen molar-refractivity contribution in [2.24, 2.45) is 16.3 Å². The van der Waals surface area contributed by atoms with Crippen LogP contribution in [0.2, 0.25) is 0 Å². The summed E-state index contributed by atoms with van der Waals surface area (Å²) < 4.78 is 10.1. The number of carbonyl (C=O) groups is 1. The maximum Gasteiger partial charge on any atom is 0.236 e. The second-order valence-electron chi connectivity index (χ2n) is 4.91. The van der Waals surface area contributed by atoms with Crippen LogP contribution in [0.4, 0.5) is 0 Å². The van der Waals surface area contributed by atoms with Crippen molar-refractivity contribution in [2.45, 2.75) is 33.1 Å². The Morgan fingerprint density at radius 1 is 1.19 bits per heavy atom. The Balaban J connectivity index is 5.18. The Morgan fingerprint density at radius 2 is 1.76 bits per heavy atom. The molecular weight excluding hydrogens is 274 g/mol. The number of amidine groups is 1. The van der Waals surface area contributed by atoms with Gasteiger partial charge in [-0.1, -0.05) is 19.0 Å². The Morgan fingerprint density at radius 3 is 2.19 bits per heavy atom. The fourth-order valence-corrected chi connectivity index (χ4v) is 2.34. The number of hydrogen-bond donors (Lipinski definition) is 2. The predicted molar refractivity (Wildman–Crippen MR) is 81.4 cm³/mol. The number of hydrogen-bond acceptors (Lipinski definition) is 5. The summed E-state index contributed by atoms with van der Waals surface area (Å²) in [6.45, 7) is 5.77. The molecule has 7 nitrogen and oxygen atoms in total. The lowest BCUT2D eigenvalue weighted by atomic mass is 9.79. The van der Waals surface area contributed by atoms with Gasteiger partial charge in [-0.15, -0.1) is 0 Å². The molecule has 0 saturated heterocycles. The zero-order valence-electron chi connectivity index (χ0n) is 13.6. The van der Waals surface area contributed by atoms with Crippen LogP contribution in [0.15, 0.2) is 5.16 Å². The summed E-state index contributed by atoms with van der Waals surface area (Å²) in [7, 11) is 3.22. The molecule has 0 saturated carbocycles. The van der Waals surface area contributed by atoms with Crippen LogP contribution in [0.25, 0.3) is 0 Å². The third-order valence-electron chi connectivity index (χ3n) is 3.84. The molecule has 0 bridgehead atoms. The molecule has 7 heteroatoms. The molecular formula is C14H29N3O4. The SMILES string of the molecule is CCC(CC)(C(=O)N(CCCOC)CCOC)C(N)=NO. The first-order valence-electron chi connectivity index (χ1n) is 7.29. The number of ether oxygens (including phenoxy) is 2. The van der Waals surface area contributed by atoms with E-state index in [-0.39, 0.29) is 11.7 Å². The van der Waals surface area contributed by atoms with E-state index >= 15 is 0 Å². The minimum absolute atomic E-state index is 0.0355. The largest absolute Gasteiger partial charge is 0.409 e. The van der Waals surface area contributed by atoms with Crippen molar-refractivity contribution in [3.8, 4) is 0 Å².